The topological polar surface area (TPSA) is 93.9 Å². The van der Waals surface area contributed by atoms with Crippen LogP contribution in [0, 0.1) is 11.8 Å². The second-order valence-electron chi connectivity index (χ2n) is 11.1. The van der Waals surface area contributed by atoms with Gasteiger partial charge >= 0.3 is 0 Å². The van der Waals surface area contributed by atoms with Gasteiger partial charge in [-0.05, 0) is 71.6 Å². The number of fused-ring (bicyclic) bond motifs is 4. The molecule has 4 unspecified atom stereocenters. The average molecular weight is 521 g/mol. The van der Waals surface area contributed by atoms with E-state index in [9.17, 15) is 4.79 Å². The smallest absolute Gasteiger partial charge is 0.254 e. The third kappa shape index (κ3) is 5.21. The first-order valence-electron chi connectivity index (χ1n) is 13.9. The molecule has 1 amide bonds. The Balaban J connectivity index is 1.34. The Morgan fingerprint density at radius 2 is 1.69 bits per heavy atom. The summed E-state index contributed by atoms with van der Waals surface area (Å²) in [7, 11) is 0. The number of amides is 1. The maximum Gasteiger partial charge on any atom is 0.254 e. The quantitative estimate of drug-likeness (QED) is 0.250. The molecular formula is C33H36N4O2. The van der Waals surface area contributed by atoms with Gasteiger partial charge in [0.05, 0.1) is 24.8 Å². The van der Waals surface area contributed by atoms with E-state index in [1.54, 1.807) is 0 Å². The summed E-state index contributed by atoms with van der Waals surface area (Å²) in [6, 6.07) is 22.3. The van der Waals surface area contributed by atoms with Crippen LogP contribution in [-0.2, 0) is 17.8 Å². The molecule has 6 heteroatoms. The number of guanidine groups is 1. The van der Waals surface area contributed by atoms with Crippen molar-refractivity contribution in [3.8, 4) is 0 Å². The van der Waals surface area contributed by atoms with Crippen LogP contribution >= 0.6 is 0 Å². The van der Waals surface area contributed by atoms with Gasteiger partial charge in [-0.2, -0.15) is 0 Å². The Kier molecular flexibility index (Phi) is 6.96. The molecule has 6 rings (SSSR count). The van der Waals surface area contributed by atoms with Gasteiger partial charge in [-0.3, -0.25) is 4.79 Å². The first-order chi connectivity index (χ1) is 19.0. The van der Waals surface area contributed by atoms with E-state index in [1.807, 2.05) is 47.4 Å². The summed E-state index contributed by atoms with van der Waals surface area (Å²) in [5.74, 6) is 0.992. The van der Waals surface area contributed by atoms with E-state index in [-0.39, 0.29) is 23.6 Å². The standard InChI is InChI=1S/C33H36N4O2/c34-32(35)36-20-23-8-7-9-24(18-23)21-37(31(38)27-16-15-25-10-1-2-11-26(25)19-27)22-33-17-6-5-13-29(33)28-12-3-4-14-30(28)39-33/h1-11,15-16,18-19,28-30H,12-14,17,20-22H2,(H4,34,35,36). The van der Waals surface area contributed by atoms with E-state index in [2.05, 4.69) is 53.6 Å². The fourth-order valence-corrected chi connectivity index (χ4v) is 6.74. The number of allylic oxidation sites excluding steroid dienone is 2. The highest BCUT2D eigenvalue weighted by molar-refractivity contribution is 5.98. The average Bonchev–Trinajstić information content (AvgIpc) is 3.29. The molecule has 3 aromatic rings. The van der Waals surface area contributed by atoms with Crippen LogP contribution in [0.2, 0.25) is 0 Å². The summed E-state index contributed by atoms with van der Waals surface area (Å²) in [4.78, 5) is 20.4. The van der Waals surface area contributed by atoms with E-state index in [1.165, 1.54) is 0 Å². The van der Waals surface area contributed by atoms with Crippen molar-refractivity contribution >= 4 is 22.6 Å². The van der Waals surface area contributed by atoms with Crippen LogP contribution in [0.25, 0.3) is 10.8 Å². The summed E-state index contributed by atoms with van der Waals surface area (Å²) in [5.41, 5.74) is 13.5. The van der Waals surface area contributed by atoms with Crippen molar-refractivity contribution in [3.05, 3.63) is 108 Å². The molecule has 3 aliphatic rings. The number of carbonyl (C=O) groups excluding carboxylic acids is 1. The summed E-state index contributed by atoms with van der Waals surface area (Å²) >= 11 is 0. The highest BCUT2D eigenvalue weighted by atomic mass is 16.5. The van der Waals surface area contributed by atoms with Crippen molar-refractivity contribution in [1.82, 2.24) is 4.90 Å². The molecule has 0 saturated carbocycles. The minimum absolute atomic E-state index is 0.0228. The van der Waals surface area contributed by atoms with Crippen LogP contribution in [-0.4, -0.2) is 35.0 Å². The number of nitrogens with two attached hydrogens (primary N) is 2. The van der Waals surface area contributed by atoms with E-state index in [0.717, 1.165) is 47.6 Å². The Morgan fingerprint density at radius 3 is 2.56 bits per heavy atom. The molecule has 1 aliphatic heterocycles. The van der Waals surface area contributed by atoms with E-state index in [0.29, 0.717) is 37.0 Å². The maximum atomic E-state index is 14.3. The number of hydrogen-bond donors (Lipinski definition) is 2. The second kappa shape index (κ2) is 10.7. The predicted molar refractivity (Wildman–Crippen MR) is 156 cm³/mol. The van der Waals surface area contributed by atoms with E-state index in [4.69, 9.17) is 16.2 Å². The molecule has 200 valence electrons. The van der Waals surface area contributed by atoms with Crippen LogP contribution in [0.15, 0.2) is 96.0 Å². The molecule has 4 atom stereocenters. The first kappa shape index (κ1) is 25.4. The lowest BCUT2D eigenvalue weighted by Crippen LogP contribution is -2.50. The second-order valence-corrected chi connectivity index (χ2v) is 11.1. The lowest BCUT2D eigenvalue weighted by molar-refractivity contribution is -0.0741. The Morgan fingerprint density at radius 1 is 0.897 bits per heavy atom. The van der Waals surface area contributed by atoms with E-state index >= 15 is 0 Å². The molecular weight excluding hydrogens is 484 g/mol. The van der Waals surface area contributed by atoms with Gasteiger partial charge in [-0.15, -0.1) is 0 Å². The monoisotopic (exact) mass is 520 g/mol. The van der Waals surface area contributed by atoms with Gasteiger partial charge in [0.15, 0.2) is 5.96 Å². The third-order valence-corrected chi connectivity index (χ3v) is 8.57. The molecule has 3 aromatic carbocycles. The highest BCUT2D eigenvalue weighted by Crippen LogP contribution is 2.51. The molecule has 1 fully saturated rings. The van der Waals surface area contributed by atoms with Gasteiger partial charge in [0.1, 0.15) is 0 Å². The van der Waals surface area contributed by atoms with E-state index < -0.39 is 0 Å². The minimum atomic E-state index is -0.376. The number of carbonyl (C=O) groups is 1. The lowest BCUT2D eigenvalue weighted by atomic mass is 9.70. The molecule has 1 saturated heterocycles. The largest absolute Gasteiger partial charge is 0.370 e. The molecule has 6 nitrogen and oxygen atoms in total. The molecule has 39 heavy (non-hydrogen) atoms. The first-order valence-corrected chi connectivity index (χ1v) is 13.9. The fourth-order valence-electron chi connectivity index (χ4n) is 6.74. The summed E-state index contributed by atoms with van der Waals surface area (Å²) in [5, 5.41) is 2.19. The van der Waals surface area contributed by atoms with Gasteiger partial charge in [0.25, 0.3) is 5.91 Å². The van der Waals surface area contributed by atoms with Gasteiger partial charge in [-0.1, -0.05) is 78.9 Å². The predicted octanol–water partition coefficient (Wildman–Crippen LogP) is 5.33. The van der Waals surface area contributed by atoms with Crippen molar-refractivity contribution in [2.75, 3.05) is 6.54 Å². The molecule has 2 aliphatic carbocycles. The number of nitrogens with zero attached hydrogens (tertiary/aromatic N) is 2. The molecule has 0 radical (unpaired) electrons. The Labute approximate surface area is 230 Å². The minimum Gasteiger partial charge on any atom is -0.370 e. The summed E-state index contributed by atoms with van der Waals surface area (Å²) in [6.07, 6.45) is 13.2. The molecule has 0 bridgehead atoms. The zero-order valence-electron chi connectivity index (χ0n) is 22.2. The number of ether oxygens (including phenoxy) is 1. The van der Waals surface area contributed by atoms with Crippen LogP contribution < -0.4 is 11.5 Å². The van der Waals surface area contributed by atoms with Crippen molar-refractivity contribution < 1.29 is 9.53 Å². The number of hydrogen-bond acceptors (Lipinski definition) is 3. The normalized spacial score (nSPS) is 25.2. The lowest BCUT2D eigenvalue weighted by Gasteiger charge is -2.41. The summed E-state index contributed by atoms with van der Waals surface area (Å²) in [6.45, 7) is 1.44. The Hall–Kier alpha value is -3.90. The van der Waals surface area contributed by atoms with Gasteiger partial charge < -0.3 is 21.1 Å². The molecule has 4 N–H and O–H groups in total. The van der Waals surface area contributed by atoms with Crippen LogP contribution in [0.3, 0.4) is 0 Å². The third-order valence-electron chi connectivity index (χ3n) is 8.57. The van der Waals surface area contributed by atoms with Crippen molar-refractivity contribution in [3.63, 3.8) is 0 Å². The van der Waals surface area contributed by atoms with Crippen LogP contribution in [0.4, 0.5) is 0 Å². The molecule has 0 aromatic heterocycles. The molecule has 1 heterocycles. The van der Waals surface area contributed by atoms with Crippen molar-refractivity contribution in [2.24, 2.45) is 28.3 Å². The summed E-state index contributed by atoms with van der Waals surface area (Å²) < 4.78 is 6.93. The zero-order chi connectivity index (χ0) is 26.8. The van der Waals surface area contributed by atoms with Crippen LogP contribution in [0.5, 0.6) is 0 Å². The van der Waals surface area contributed by atoms with Gasteiger partial charge in [-0.25, -0.2) is 4.99 Å². The fraction of sp³-hybridized carbons (Fsp3) is 0.333. The maximum absolute atomic E-state index is 14.3. The van der Waals surface area contributed by atoms with Gasteiger partial charge in [0, 0.05) is 12.1 Å². The zero-order valence-corrected chi connectivity index (χ0v) is 22.2. The SMILES string of the molecule is NC(N)=NCc1cccc(CN(CC23CC=CCC2C2CC=CCC2O3)C(=O)c2ccc3ccccc3c2)c1. The van der Waals surface area contributed by atoms with Crippen molar-refractivity contribution in [2.45, 2.75) is 50.5 Å². The highest BCUT2D eigenvalue weighted by Gasteiger charge is 2.55. The van der Waals surface area contributed by atoms with Crippen molar-refractivity contribution in [1.29, 1.82) is 0 Å². The molecule has 0 spiro atoms. The number of rotatable bonds is 7. The number of benzene rings is 3. The number of aliphatic imine (C=N–C) groups is 1. The Bertz CT molecular complexity index is 1460. The van der Waals surface area contributed by atoms with Gasteiger partial charge in [0.2, 0.25) is 0 Å². The van der Waals surface area contributed by atoms with Crippen LogP contribution in [0.1, 0.15) is 47.2 Å².